The first-order chi connectivity index (χ1) is 15.1. The summed E-state index contributed by atoms with van der Waals surface area (Å²) in [6.45, 7) is 0.367. The Hall–Kier alpha value is -2.91. The van der Waals surface area contributed by atoms with Crippen molar-refractivity contribution < 1.29 is 9.21 Å². The number of carbonyl (C=O) groups is 1. The lowest BCUT2D eigenvalue weighted by Gasteiger charge is -2.21. The summed E-state index contributed by atoms with van der Waals surface area (Å²) in [5.41, 5.74) is 0.589. The largest absolute Gasteiger partial charge is 0.467 e. The minimum atomic E-state index is -0.251. The molecule has 0 bridgehead atoms. The van der Waals surface area contributed by atoms with Crippen LogP contribution in [0.3, 0.4) is 0 Å². The van der Waals surface area contributed by atoms with Crippen molar-refractivity contribution in [2.75, 3.05) is 5.32 Å². The highest BCUT2D eigenvalue weighted by molar-refractivity contribution is 8.26. The molecule has 0 aromatic carbocycles. The average Bonchev–Trinajstić information content (AvgIpc) is 3.52. The molecule has 2 aliphatic rings. The highest BCUT2D eigenvalue weighted by Crippen LogP contribution is 2.38. The molecule has 4 heterocycles. The van der Waals surface area contributed by atoms with Crippen molar-refractivity contribution in [2.45, 2.75) is 38.3 Å². The van der Waals surface area contributed by atoms with E-state index in [1.165, 1.54) is 16.2 Å². The number of rotatable bonds is 5. The Labute approximate surface area is 188 Å². The van der Waals surface area contributed by atoms with Crippen molar-refractivity contribution in [1.29, 1.82) is 0 Å². The molecular formula is C22H20N4O3S2. The SMILES string of the molecule is O=C1/C(=C/c2c(NCc3ccco3)nc3ccccn3c2=O)SC(=S)N1C1CCCC1. The van der Waals surface area contributed by atoms with Crippen LogP contribution < -0.4 is 10.9 Å². The van der Waals surface area contributed by atoms with Crippen LogP contribution in [-0.4, -0.2) is 30.6 Å². The zero-order valence-electron chi connectivity index (χ0n) is 16.6. The molecule has 1 N–H and O–H groups in total. The van der Waals surface area contributed by atoms with Crippen LogP contribution in [0.1, 0.15) is 37.0 Å². The van der Waals surface area contributed by atoms with Crippen LogP contribution >= 0.6 is 24.0 Å². The summed E-state index contributed by atoms with van der Waals surface area (Å²) in [5.74, 6) is 0.990. The minimum Gasteiger partial charge on any atom is -0.467 e. The molecule has 0 atom stereocenters. The van der Waals surface area contributed by atoms with E-state index in [2.05, 4.69) is 10.3 Å². The number of amides is 1. The van der Waals surface area contributed by atoms with Crippen molar-refractivity contribution in [1.82, 2.24) is 14.3 Å². The predicted octanol–water partition coefficient (Wildman–Crippen LogP) is 4.04. The highest BCUT2D eigenvalue weighted by Gasteiger charge is 2.38. The zero-order chi connectivity index (χ0) is 21.4. The van der Waals surface area contributed by atoms with Gasteiger partial charge >= 0.3 is 0 Å². The maximum Gasteiger partial charge on any atom is 0.267 e. The number of hydrogen-bond acceptors (Lipinski definition) is 7. The zero-order valence-corrected chi connectivity index (χ0v) is 18.2. The Balaban J connectivity index is 1.55. The van der Waals surface area contributed by atoms with Crippen LogP contribution in [0.4, 0.5) is 5.82 Å². The van der Waals surface area contributed by atoms with E-state index in [0.717, 1.165) is 25.7 Å². The second kappa shape index (κ2) is 8.32. The number of aromatic nitrogens is 2. The quantitative estimate of drug-likeness (QED) is 0.462. The minimum absolute atomic E-state index is 0.128. The van der Waals surface area contributed by atoms with Crippen LogP contribution in [0.25, 0.3) is 11.7 Å². The molecule has 5 rings (SSSR count). The van der Waals surface area contributed by atoms with E-state index in [0.29, 0.717) is 38.6 Å². The average molecular weight is 453 g/mol. The number of anilines is 1. The summed E-state index contributed by atoms with van der Waals surface area (Å²) in [7, 11) is 0. The molecule has 7 nitrogen and oxygen atoms in total. The Morgan fingerprint density at radius 2 is 2.06 bits per heavy atom. The lowest BCUT2D eigenvalue weighted by atomic mass is 10.2. The summed E-state index contributed by atoms with van der Waals surface area (Å²) in [4.78, 5) is 33.2. The van der Waals surface area contributed by atoms with Gasteiger partial charge in [-0.2, -0.15) is 0 Å². The number of fused-ring (bicyclic) bond motifs is 1. The monoisotopic (exact) mass is 452 g/mol. The number of nitrogens with one attached hydrogen (secondary N) is 1. The molecule has 0 unspecified atom stereocenters. The molecule has 31 heavy (non-hydrogen) atoms. The number of hydrogen-bond donors (Lipinski definition) is 1. The van der Waals surface area contributed by atoms with E-state index in [-0.39, 0.29) is 17.5 Å². The van der Waals surface area contributed by atoms with Gasteiger partial charge in [0.2, 0.25) is 0 Å². The Morgan fingerprint density at radius 3 is 2.84 bits per heavy atom. The number of pyridine rings is 1. The molecule has 9 heteroatoms. The number of furan rings is 1. The van der Waals surface area contributed by atoms with Crippen LogP contribution in [0.15, 0.2) is 56.9 Å². The maximum atomic E-state index is 13.3. The van der Waals surface area contributed by atoms with Gasteiger partial charge in [-0.3, -0.25) is 18.9 Å². The Kier molecular flexibility index (Phi) is 5.37. The van der Waals surface area contributed by atoms with E-state index in [1.807, 2.05) is 12.1 Å². The molecule has 1 amide bonds. The normalized spacial score (nSPS) is 18.6. The third-order valence-corrected chi connectivity index (χ3v) is 6.90. The van der Waals surface area contributed by atoms with E-state index in [1.54, 1.807) is 41.6 Å². The summed E-state index contributed by atoms with van der Waals surface area (Å²) in [6, 6.07) is 9.16. The van der Waals surface area contributed by atoms with Crippen molar-refractivity contribution in [2.24, 2.45) is 0 Å². The van der Waals surface area contributed by atoms with Gasteiger partial charge < -0.3 is 9.73 Å². The molecule has 1 saturated heterocycles. The van der Waals surface area contributed by atoms with Gasteiger partial charge in [-0.15, -0.1) is 0 Å². The number of thioether (sulfide) groups is 1. The van der Waals surface area contributed by atoms with Gasteiger partial charge in [0.05, 0.1) is 23.3 Å². The molecule has 158 valence electrons. The van der Waals surface area contributed by atoms with Crippen molar-refractivity contribution in [3.05, 3.63) is 69.4 Å². The van der Waals surface area contributed by atoms with Crippen LogP contribution in [-0.2, 0) is 11.3 Å². The third-order valence-electron chi connectivity index (χ3n) is 5.57. The van der Waals surface area contributed by atoms with Crippen LogP contribution in [0, 0.1) is 0 Å². The van der Waals surface area contributed by atoms with Gasteiger partial charge in [0.15, 0.2) is 0 Å². The maximum absolute atomic E-state index is 13.3. The van der Waals surface area contributed by atoms with E-state index >= 15 is 0 Å². The lowest BCUT2D eigenvalue weighted by molar-refractivity contribution is -0.123. The molecule has 3 aromatic rings. The summed E-state index contributed by atoms with van der Waals surface area (Å²) in [6.07, 6.45) is 9.03. The summed E-state index contributed by atoms with van der Waals surface area (Å²) < 4.78 is 7.41. The van der Waals surface area contributed by atoms with Crippen molar-refractivity contribution in [3.8, 4) is 0 Å². The molecule has 1 aliphatic heterocycles. The van der Waals surface area contributed by atoms with Gasteiger partial charge in [-0.05, 0) is 43.2 Å². The molecule has 2 fully saturated rings. The van der Waals surface area contributed by atoms with Gasteiger partial charge in [0, 0.05) is 12.2 Å². The van der Waals surface area contributed by atoms with Gasteiger partial charge in [0.25, 0.3) is 11.5 Å². The Morgan fingerprint density at radius 1 is 1.23 bits per heavy atom. The van der Waals surface area contributed by atoms with Crippen molar-refractivity contribution in [3.63, 3.8) is 0 Å². The van der Waals surface area contributed by atoms with Gasteiger partial charge in [0.1, 0.15) is 21.5 Å². The first kappa shape index (κ1) is 20.0. The fraction of sp³-hybridized carbons (Fsp3) is 0.273. The molecule has 0 radical (unpaired) electrons. The molecule has 1 saturated carbocycles. The van der Waals surface area contributed by atoms with Crippen molar-refractivity contribution >= 4 is 51.7 Å². The van der Waals surface area contributed by atoms with Crippen LogP contribution in [0.2, 0.25) is 0 Å². The third kappa shape index (κ3) is 3.79. The second-order valence-electron chi connectivity index (χ2n) is 7.53. The fourth-order valence-corrected chi connectivity index (χ4v) is 5.42. The first-order valence-electron chi connectivity index (χ1n) is 10.2. The molecule has 0 spiro atoms. The van der Waals surface area contributed by atoms with E-state index in [9.17, 15) is 9.59 Å². The number of thiocarbonyl (C=S) groups is 1. The summed E-state index contributed by atoms with van der Waals surface area (Å²) >= 11 is 6.74. The van der Waals surface area contributed by atoms with Crippen LogP contribution in [0.5, 0.6) is 0 Å². The number of carbonyl (C=O) groups excluding carboxylic acids is 1. The topological polar surface area (TPSA) is 79.9 Å². The predicted molar refractivity (Wildman–Crippen MR) is 125 cm³/mol. The van der Waals surface area contributed by atoms with E-state index < -0.39 is 0 Å². The molecular weight excluding hydrogens is 432 g/mol. The lowest BCUT2D eigenvalue weighted by Crippen LogP contribution is -2.36. The Bertz CT molecular complexity index is 1240. The summed E-state index contributed by atoms with van der Waals surface area (Å²) in [5, 5.41) is 3.19. The number of nitrogens with zero attached hydrogens (tertiary/aromatic N) is 3. The second-order valence-corrected chi connectivity index (χ2v) is 9.21. The van der Waals surface area contributed by atoms with Gasteiger partial charge in [-0.25, -0.2) is 4.98 Å². The van der Waals surface area contributed by atoms with Gasteiger partial charge in [-0.1, -0.05) is 42.9 Å². The fourth-order valence-electron chi connectivity index (χ4n) is 4.04. The van der Waals surface area contributed by atoms with E-state index in [4.69, 9.17) is 16.6 Å². The molecule has 3 aromatic heterocycles. The first-order valence-corrected chi connectivity index (χ1v) is 11.4. The molecule has 1 aliphatic carbocycles. The highest BCUT2D eigenvalue weighted by atomic mass is 32.2. The smallest absolute Gasteiger partial charge is 0.267 e. The standard InChI is InChI=1S/C22H20N4O3S2/c27-20-16(12-17-21(28)26(22(30)31-17)14-6-1-2-7-14)19(23-13-15-8-5-11-29-15)24-18-9-3-4-10-25(18)20/h3-5,8-12,14,23H,1-2,6-7,13H2/b17-12-.